The molecule has 0 radical (unpaired) electrons. The van der Waals surface area contributed by atoms with Crippen LogP contribution in [0.5, 0.6) is 0 Å². The Morgan fingerprint density at radius 3 is 0.568 bits per heavy atom. The van der Waals surface area contributed by atoms with E-state index in [4.69, 9.17) is 0 Å². The first kappa shape index (κ1) is 30.2. The van der Waals surface area contributed by atoms with E-state index in [0.29, 0.717) is 0 Å². The number of hydrogen-bond acceptors (Lipinski definition) is 0. The van der Waals surface area contributed by atoms with Crippen LogP contribution in [0.15, 0.2) is 182 Å². The predicted molar refractivity (Wildman–Crippen MR) is 203 cm³/mol. The summed E-state index contributed by atoms with van der Waals surface area (Å²) in [4.78, 5) is 0. The molecule has 0 fully saturated rings. The lowest BCUT2D eigenvalue weighted by Crippen LogP contribution is -2.98. The highest BCUT2D eigenvalue weighted by Crippen LogP contribution is 2.36. The lowest BCUT2D eigenvalue weighted by atomic mass is 10.4. The molecule has 0 heterocycles. The zero-order valence-corrected chi connectivity index (χ0v) is 30.3. The summed E-state index contributed by atoms with van der Waals surface area (Å²) in [7, 11) is -9.94. The molecule has 0 amide bonds. The molecule has 0 spiro atoms. The molecule has 218 valence electrons. The third kappa shape index (κ3) is 4.60. The van der Waals surface area contributed by atoms with E-state index < -0.39 is 29.4 Å². The molecule has 0 aliphatic heterocycles. The molecule has 6 rings (SSSR count). The second-order valence-electron chi connectivity index (χ2n) is 12.7. The fraction of sp³-hybridized carbons (Fsp3) is 0.100. The molecule has 6 aromatic carbocycles. The molecule has 2 unspecified atom stereocenters. The van der Waals surface area contributed by atoms with Gasteiger partial charge in [-0.1, -0.05) is 239 Å². The van der Waals surface area contributed by atoms with Gasteiger partial charge in [-0.3, -0.25) is 0 Å². The van der Waals surface area contributed by atoms with E-state index in [1.165, 1.54) is 0 Å². The van der Waals surface area contributed by atoms with E-state index in [-0.39, 0.29) is 0 Å². The maximum atomic E-state index is 2.82. The van der Waals surface area contributed by atoms with E-state index in [1.807, 2.05) is 0 Å². The Hall–Kier alpha value is -3.81. The molecule has 2 atom stereocenters. The molecule has 0 bridgehead atoms. The second-order valence-corrected chi connectivity index (χ2v) is 46.2. The van der Waals surface area contributed by atoms with Gasteiger partial charge in [0.15, 0.2) is 0 Å². The van der Waals surface area contributed by atoms with Gasteiger partial charge in [0.1, 0.15) is 15.2 Å². The molecule has 0 saturated heterocycles. The number of benzene rings is 6. The third-order valence-electron chi connectivity index (χ3n) is 11.1. The highest BCUT2D eigenvalue weighted by atomic mass is 29.8. The van der Waals surface area contributed by atoms with Gasteiger partial charge in [-0.05, 0) is 0 Å². The van der Waals surface area contributed by atoms with Crippen LogP contribution in [0, 0.1) is 0 Å². The van der Waals surface area contributed by atoms with Crippen LogP contribution in [0.3, 0.4) is 0 Å². The Kier molecular flexibility index (Phi) is 8.44. The van der Waals surface area contributed by atoms with Gasteiger partial charge in [0, 0.05) is 0 Å². The Morgan fingerprint density at radius 1 is 0.227 bits per heavy atom. The van der Waals surface area contributed by atoms with Crippen molar-refractivity contribution in [2.45, 2.75) is 26.2 Å². The minimum absolute atomic E-state index is 1.55. The smallest absolute Gasteiger partial charge is 0.0683 e. The van der Waals surface area contributed by atoms with Crippen molar-refractivity contribution >= 4 is 60.5 Å². The highest BCUT2D eigenvalue weighted by Gasteiger charge is 2.69. The molecule has 44 heavy (non-hydrogen) atoms. The maximum Gasteiger partial charge on any atom is 0.110 e. The van der Waals surface area contributed by atoms with Crippen molar-refractivity contribution in [1.29, 1.82) is 0 Å². The maximum absolute atomic E-state index is 2.82. The molecule has 6 aromatic rings. The molecule has 0 aliphatic carbocycles. The van der Waals surface area contributed by atoms with Crippen LogP contribution in [-0.2, 0) is 0 Å². The summed E-state index contributed by atoms with van der Waals surface area (Å²) in [5.41, 5.74) is 0. The van der Waals surface area contributed by atoms with Crippen LogP contribution in [0.25, 0.3) is 0 Å². The summed E-state index contributed by atoms with van der Waals surface area (Å²) in [6.07, 6.45) is 0. The summed E-state index contributed by atoms with van der Waals surface area (Å²) in [6.45, 7) is 11.1. The van der Waals surface area contributed by atoms with Gasteiger partial charge in [0.2, 0.25) is 0 Å². The molecular formula is C40H42Si4. The van der Waals surface area contributed by atoms with Gasteiger partial charge in [-0.2, -0.15) is 0 Å². The fourth-order valence-electron chi connectivity index (χ4n) is 8.27. The van der Waals surface area contributed by atoms with E-state index in [2.05, 4.69) is 208 Å². The molecule has 0 saturated carbocycles. The van der Waals surface area contributed by atoms with Crippen molar-refractivity contribution in [1.82, 2.24) is 0 Å². The standard InChI is InChI=1S/C40H42Si4/c1-41(35-23-11-5-12-24-35,36-25-13-6-14-26-36)43(3,39-31-19-9-20-32-39)44(4,40-33-21-10-22-34-40)42(2,37-27-15-7-16-28-37)38-29-17-8-18-30-38/h5-34H,1-4H3. The van der Waals surface area contributed by atoms with Gasteiger partial charge < -0.3 is 0 Å². The Bertz CT molecular complexity index is 1560. The van der Waals surface area contributed by atoms with Crippen molar-refractivity contribution < 1.29 is 0 Å². The van der Waals surface area contributed by atoms with E-state index in [0.717, 1.165) is 0 Å². The first-order valence-corrected chi connectivity index (χ1v) is 28.7. The van der Waals surface area contributed by atoms with Gasteiger partial charge in [-0.25, -0.2) is 0 Å². The lowest BCUT2D eigenvalue weighted by molar-refractivity contribution is 1.67. The lowest BCUT2D eigenvalue weighted by Gasteiger charge is -2.60. The van der Waals surface area contributed by atoms with Crippen LogP contribution in [-0.4, -0.2) is 29.4 Å². The van der Waals surface area contributed by atoms with Crippen LogP contribution in [0.2, 0.25) is 26.2 Å². The van der Waals surface area contributed by atoms with Crippen molar-refractivity contribution in [3.8, 4) is 0 Å². The van der Waals surface area contributed by atoms with E-state index >= 15 is 0 Å². The first-order chi connectivity index (χ1) is 21.4. The average molecular weight is 635 g/mol. The molecule has 0 nitrogen and oxygen atoms in total. The zero-order chi connectivity index (χ0) is 30.7. The van der Waals surface area contributed by atoms with Gasteiger partial charge in [0.25, 0.3) is 0 Å². The van der Waals surface area contributed by atoms with Crippen LogP contribution < -0.4 is 31.1 Å². The third-order valence-corrected chi connectivity index (χ3v) is 71.2. The van der Waals surface area contributed by atoms with Gasteiger partial charge in [-0.15, -0.1) is 0 Å². The number of rotatable bonds is 9. The van der Waals surface area contributed by atoms with E-state index in [9.17, 15) is 0 Å². The van der Waals surface area contributed by atoms with Crippen LogP contribution in [0.1, 0.15) is 0 Å². The first-order valence-electron chi connectivity index (χ1n) is 15.7. The minimum Gasteiger partial charge on any atom is -0.0683 e. The Morgan fingerprint density at radius 2 is 0.386 bits per heavy atom. The Labute approximate surface area is 267 Å². The van der Waals surface area contributed by atoms with Crippen molar-refractivity contribution in [3.05, 3.63) is 182 Å². The molecule has 0 aromatic heterocycles. The normalized spacial score (nSPS) is 14.7. The van der Waals surface area contributed by atoms with Crippen molar-refractivity contribution in [2.75, 3.05) is 0 Å². The Balaban J connectivity index is 1.86. The topological polar surface area (TPSA) is 0 Å². The molecular weight excluding hydrogens is 593 g/mol. The SMILES string of the molecule is C[Si](c1ccccc1)(c1ccccc1)[Si](C)(c1ccccc1)[Si](C)(c1ccccc1)[Si](C)(c1ccccc1)c1ccccc1. The van der Waals surface area contributed by atoms with Crippen molar-refractivity contribution in [2.24, 2.45) is 0 Å². The quantitative estimate of drug-likeness (QED) is 0.172. The number of hydrogen-bond donors (Lipinski definition) is 0. The summed E-state index contributed by atoms with van der Waals surface area (Å²) in [5, 5.41) is 9.41. The van der Waals surface area contributed by atoms with E-state index in [1.54, 1.807) is 31.1 Å². The minimum atomic E-state index is -2.52. The van der Waals surface area contributed by atoms with Gasteiger partial charge >= 0.3 is 0 Å². The second kappa shape index (κ2) is 12.3. The average Bonchev–Trinajstić information content (AvgIpc) is 3.12. The molecule has 4 heteroatoms. The van der Waals surface area contributed by atoms with Crippen molar-refractivity contribution in [3.63, 3.8) is 0 Å². The zero-order valence-electron chi connectivity index (χ0n) is 26.3. The molecule has 0 aliphatic rings. The summed E-state index contributed by atoms with van der Waals surface area (Å²) >= 11 is 0. The van der Waals surface area contributed by atoms with Crippen LogP contribution >= 0.6 is 0 Å². The largest absolute Gasteiger partial charge is 0.110 e. The van der Waals surface area contributed by atoms with Gasteiger partial charge in [0.05, 0.1) is 14.2 Å². The monoisotopic (exact) mass is 634 g/mol. The fourth-order valence-corrected chi connectivity index (χ4v) is 83.9. The predicted octanol–water partition coefficient (Wildman–Crippen LogP) is 5.98. The summed E-state index contributed by atoms with van der Waals surface area (Å²) in [5.74, 6) is 0. The molecule has 0 N–H and O–H groups in total. The summed E-state index contributed by atoms with van der Waals surface area (Å²) < 4.78 is 0. The highest BCUT2D eigenvalue weighted by molar-refractivity contribution is 7.93. The van der Waals surface area contributed by atoms with Crippen LogP contribution in [0.4, 0.5) is 0 Å². The summed E-state index contributed by atoms with van der Waals surface area (Å²) in [6, 6.07) is 70.2.